The lowest BCUT2D eigenvalue weighted by Gasteiger charge is -2.07. The molecule has 53 heavy (non-hydrogen) atoms. The molecule has 0 fully saturated rings. The minimum absolute atomic E-state index is 0.119. The number of H-pyrrole nitrogens is 2. The van der Waals surface area contributed by atoms with E-state index in [0.29, 0.717) is 30.4 Å². The van der Waals surface area contributed by atoms with Crippen LogP contribution in [0.5, 0.6) is 0 Å². The maximum atomic E-state index is 13.1. The topological polar surface area (TPSA) is 95.9 Å². The van der Waals surface area contributed by atoms with Crippen LogP contribution < -0.4 is 11.1 Å². The number of carbonyl (C=O) groups excluding carboxylic acids is 1. The van der Waals surface area contributed by atoms with Crippen LogP contribution in [-0.4, -0.2) is 44.5 Å². The minimum atomic E-state index is -0.119. The van der Waals surface area contributed by atoms with E-state index in [-0.39, 0.29) is 11.1 Å². The SMILES string of the molecule is CN(C)C=O.O=c1c2c(-c3ccc(Cl)cc3)csc2[nH]c(=S)n1-c1ccccc1.O=c1c2c(-c3ccc(Cl)cc3)csc2[nH]c(=S)n1-c1ccccc1. The summed E-state index contributed by atoms with van der Waals surface area (Å²) < 4.78 is 3.85. The number of fused-ring (bicyclic) bond motifs is 2. The highest BCUT2D eigenvalue weighted by Gasteiger charge is 2.16. The highest BCUT2D eigenvalue weighted by Crippen LogP contribution is 2.33. The maximum absolute atomic E-state index is 13.1. The Labute approximate surface area is 331 Å². The van der Waals surface area contributed by atoms with Crippen LogP contribution in [0, 0.1) is 9.54 Å². The summed E-state index contributed by atoms with van der Waals surface area (Å²) in [6.45, 7) is 0. The Morgan fingerprint density at radius 3 is 1.26 bits per heavy atom. The minimum Gasteiger partial charge on any atom is -0.351 e. The molecule has 0 spiro atoms. The Bertz CT molecular complexity index is 2580. The van der Waals surface area contributed by atoms with Crippen LogP contribution in [-0.2, 0) is 4.79 Å². The van der Waals surface area contributed by atoms with E-state index in [2.05, 4.69) is 9.97 Å². The predicted octanol–water partition coefficient (Wildman–Crippen LogP) is 10.6. The van der Waals surface area contributed by atoms with Gasteiger partial charge in [0.15, 0.2) is 9.54 Å². The summed E-state index contributed by atoms with van der Waals surface area (Å²) in [6, 6.07) is 33.8. The van der Waals surface area contributed by atoms with E-state index < -0.39 is 0 Å². The molecule has 0 saturated carbocycles. The van der Waals surface area contributed by atoms with Crippen LogP contribution in [0.1, 0.15) is 0 Å². The lowest BCUT2D eigenvalue weighted by molar-refractivity contribution is -0.115. The third kappa shape index (κ3) is 8.33. The second-order valence-corrected chi connectivity index (χ2v) is 15.0. The van der Waals surface area contributed by atoms with Crippen LogP contribution >= 0.6 is 70.3 Å². The summed E-state index contributed by atoms with van der Waals surface area (Å²) >= 11 is 25.7. The number of para-hydroxylation sites is 2. The zero-order valence-electron chi connectivity index (χ0n) is 28.1. The number of aromatic nitrogens is 4. The normalized spacial score (nSPS) is 10.6. The number of hydrogen-bond donors (Lipinski definition) is 2. The van der Waals surface area contributed by atoms with Gasteiger partial charge < -0.3 is 14.9 Å². The fraction of sp³-hybridized carbons (Fsp3) is 0.0513. The molecule has 0 atom stereocenters. The van der Waals surface area contributed by atoms with E-state index in [0.717, 1.165) is 49.7 Å². The molecule has 4 heterocycles. The monoisotopic (exact) mass is 813 g/mol. The number of hydrogen-bond acceptors (Lipinski definition) is 7. The van der Waals surface area contributed by atoms with Gasteiger partial charge in [-0.15, -0.1) is 22.7 Å². The fourth-order valence-electron chi connectivity index (χ4n) is 5.35. The molecular weight excluding hydrogens is 786 g/mol. The van der Waals surface area contributed by atoms with Gasteiger partial charge in [0.25, 0.3) is 11.1 Å². The van der Waals surface area contributed by atoms with Gasteiger partial charge in [0, 0.05) is 46.0 Å². The van der Waals surface area contributed by atoms with Gasteiger partial charge in [-0.3, -0.25) is 23.5 Å². The first kappa shape index (κ1) is 37.8. The van der Waals surface area contributed by atoms with Crippen molar-refractivity contribution in [3.63, 3.8) is 0 Å². The van der Waals surface area contributed by atoms with E-state index >= 15 is 0 Å². The number of aromatic amines is 2. The summed E-state index contributed by atoms with van der Waals surface area (Å²) in [5.74, 6) is 0. The zero-order valence-corrected chi connectivity index (χ0v) is 32.9. The molecule has 8 aromatic rings. The van der Waals surface area contributed by atoms with Gasteiger partial charge in [-0.1, -0.05) is 83.9 Å². The first-order valence-electron chi connectivity index (χ1n) is 15.8. The van der Waals surface area contributed by atoms with Gasteiger partial charge in [-0.2, -0.15) is 0 Å². The second kappa shape index (κ2) is 16.8. The van der Waals surface area contributed by atoms with E-state index in [9.17, 15) is 14.4 Å². The van der Waals surface area contributed by atoms with Crippen molar-refractivity contribution < 1.29 is 4.79 Å². The smallest absolute Gasteiger partial charge is 0.268 e. The third-order valence-electron chi connectivity index (χ3n) is 7.81. The van der Waals surface area contributed by atoms with Crippen LogP contribution in [0.2, 0.25) is 10.0 Å². The van der Waals surface area contributed by atoms with Crippen LogP contribution in [0.25, 0.3) is 54.1 Å². The molecular formula is C39H29Cl2N5O3S4. The third-order valence-corrected chi connectivity index (χ3v) is 10.7. The van der Waals surface area contributed by atoms with Crippen molar-refractivity contribution in [2.75, 3.05) is 14.1 Å². The largest absolute Gasteiger partial charge is 0.351 e. The van der Waals surface area contributed by atoms with Crippen molar-refractivity contribution in [2.45, 2.75) is 0 Å². The molecule has 0 bridgehead atoms. The number of nitrogens with zero attached hydrogens (tertiary/aromatic N) is 3. The Balaban J connectivity index is 0.000000161. The molecule has 0 aliphatic heterocycles. The number of amides is 1. The molecule has 0 aliphatic carbocycles. The maximum Gasteiger partial charge on any atom is 0.268 e. The molecule has 0 aliphatic rings. The quantitative estimate of drug-likeness (QED) is 0.133. The fourth-order valence-corrected chi connectivity index (χ4v) is 8.23. The van der Waals surface area contributed by atoms with Gasteiger partial charge in [-0.25, -0.2) is 0 Å². The molecule has 0 unspecified atom stereocenters. The van der Waals surface area contributed by atoms with Crippen molar-refractivity contribution in [1.29, 1.82) is 0 Å². The summed E-state index contributed by atoms with van der Waals surface area (Å²) in [7, 11) is 3.38. The summed E-state index contributed by atoms with van der Waals surface area (Å²) in [6.07, 6.45) is 0.750. The number of halogens is 2. The van der Waals surface area contributed by atoms with Crippen molar-refractivity contribution in [2.24, 2.45) is 0 Å². The Morgan fingerprint density at radius 2 is 0.943 bits per heavy atom. The highest BCUT2D eigenvalue weighted by atomic mass is 35.5. The number of carbonyl (C=O) groups is 1. The predicted molar refractivity (Wildman–Crippen MR) is 226 cm³/mol. The molecule has 4 aromatic heterocycles. The first-order valence-corrected chi connectivity index (χ1v) is 19.2. The van der Waals surface area contributed by atoms with E-state index in [4.69, 9.17) is 47.6 Å². The van der Waals surface area contributed by atoms with Gasteiger partial charge >= 0.3 is 0 Å². The van der Waals surface area contributed by atoms with Crippen molar-refractivity contribution >= 4 is 97.2 Å². The molecule has 4 aromatic carbocycles. The second-order valence-electron chi connectivity index (χ2n) is 11.6. The number of nitrogens with one attached hydrogen (secondary N) is 2. The van der Waals surface area contributed by atoms with Crippen molar-refractivity contribution in [1.82, 2.24) is 24.0 Å². The van der Waals surface area contributed by atoms with Crippen LogP contribution in [0.15, 0.2) is 130 Å². The summed E-state index contributed by atoms with van der Waals surface area (Å²) in [5, 5.41) is 6.55. The van der Waals surface area contributed by atoms with E-state index in [1.165, 1.54) is 36.7 Å². The molecule has 266 valence electrons. The van der Waals surface area contributed by atoms with Crippen molar-refractivity contribution in [3.8, 4) is 33.6 Å². The molecule has 2 N–H and O–H groups in total. The lowest BCUT2D eigenvalue weighted by atomic mass is 10.1. The van der Waals surface area contributed by atoms with Crippen molar-refractivity contribution in [3.05, 3.63) is 160 Å². The molecule has 14 heteroatoms. The van der Waals surface area contributed by atoms with Gasteiger partial charge in [0.05, 0.1) is 22.1 Å². The number of benzene rings is 4. The average molecular weight is 815 g/mol. The first-order chi connectivity index (χ1) is 25.6. The summed E-state index contributed by atoms with van der Waals surface area (Å²) in [4.78, 5) is 45.0. The average Bonchev–Trinajstić information content (AvgIpc) is 3.79. The Morgan fingerprint density at radius 1 is 0.604 bits per heavy atom. The van der Waals surface area contributed by atoms with Crippen LogP contribution in [0.3, 0.4) is 0 Å². The molecule has 0 saturated heterocycles. The van der Waals surface area contributed by atoms with Gasteiger partial charge in [0.2, 0.25) is 6.41 Å². The zero-order chi connectivity index (χ0) is 37.6. The molecule has 1 amide bonds. The van der Waals surface area contributed by atoms with Crippen LogP contribution in [0.4, 0.5) is 0 Å². The van der Waals surface area contributed by atoms with Gasteiger partial charge in [0.1, 0.15) is 9.66 Å². The summed E-state index contributed by atoms with van der Waals surface area (Å²) in [5.41, 5.74) is 4.93. The number of rotatable bonds is 5. The van der Waals surface area contributed by atoms with E-state index in [1.54, 1.807) is 14.1 Å². The Hall–Kier alpha value is -4.95. The molecule has 0 radical (unpaired) electrons. The lowest BCUT2D eigenvalue weighted by Crippen LogP contribution is -2.20. The highest BCUT2D eigenvalue weighted by molar-refractivity contribution is 7.71. The van der Waals surface area contributed by atoms with Gasteiger partial charge in [-0.05, 0) is 84.1 Å². The molecule has 8 nitrogen and oxygen atoms in total. The standard InChI is InChI=1S/2C18H11ClN2OS2.C3H7NO/c2*19-12-8-6-11(7-9-12)14-10-24-16-15(14)17(22)21(18(23)20-16)13-4-2-1-3-5-13;1-4(2)3-5/h2*1-10H,(H,20,23);3H,1-2H3. The molecule has 8 rings (SSSR count). The Kier molecular flexibility index (Phi) is 12.0. The van der Waals surface area contributed by atoms with E-state index in [1.807, 2.05) is 120 Å². The number of thiophene rings is 2.